The van der Waals surface area contributed by atoms with E-state index in [0.717, 1.165) is 12.0 Å². The summed E-state index contributed by atoms with van der Waals surface area (Å²) in [6, 6.07) is 0.976. The molecule has 2 heteroatoms. The highest BCUT2D eigenvalue weighted by molar-refractivity contribution is 5.00. The van der Waals surface area contributed by atoms with Gasteiger partial charge < -0.3 is 10.6 Å². The van der Waals surface area contributed by atoms with Gasteiger partial charge in [0.05, 0.1) is 0 Å². The Kier molecular flexibility index (Phi) is 2.10. The Balaban J connectivity index is 1.45. The van der Waals surface area contributed by atoms with Crippen molar-refractivity contribution < 1.29 is 0 Å². The highest BCUT2D eigenvalue weighted by Gasteiger charge is 2.41. The minimum atomic E-state index is 0.284. The maximum atomic E-state index is 6.17. The van der Waals surface area contributed by atoms with Gasteiger partial charge in [-0.1, -0.05) is 0 Å². The van der Waals surface area contributed by atoms with Crippen LogP contribution in [-0.4, -0.2) is 29.6 Å². The zero-order valence-corrected chi connectivity index (χ0v) is 9.04. The Bertz CT molecular complexity index is 210. The van der Waals surface area contributed by atoms with Crippen molar-refractivity contribution in [1.82, 2.24) is 4.90 Å². The first-order chi connectivity index (χ1) is 6.75. The summed E-state index contributed by atoms with van der Waals surface area (Å²) in [6.07, 6.45) is 9.64. The molecule has 0 spiro atoms. The Morgan fingerprint density at radius 1 is 1.07 bits per heavy atom. The first-order valence-corrected chi connectivity index (χ1v) is 6.28. The molecule has 80 valence electrons. The summed E-state index contributed by atoms with van der Waals surface area (Å²) >= 11 is 0. The minimum absolute atomic E-state index is 0.284. The molecule has 2 aliphatic carbocycles. The second kappa shape index (κ2) is 3.21. The summed E-state index contributed by atoms with van der Waals surface area (Å²) in [6.45, 7) is 2.71. The van der Waals surface area contributed by atoms with Crippen molar-refractivity contribution in [3.8, 4) is 0 Å². The first kappa shape index (κ1) is 9.17. The molecule has 0 bridgehead atoms. The van der Waals surface area contributed by atoms with Crippen LogP contribution in [0.1, 0.15) is 44.9 Å². The molecule has 0 aromatic carbocycles. The summed E-state index contributed by atoms with van der Waals surface area (Å²) < 4.78 is 0. The number of hydrogen-bond acceptors (Lipinski definition) is 2. The van der Waals surface area contributed by atoms with Crippen LogP contribution in [0.4, 0.5) is 0 Å². The molecule has 0 unspecified atom stereocenters. The van der Waals surface area contributed by atoms with E-state index >= 15 is 0 Å². The van der Waals surface area contributed by atoms with Crippen molar-refractivity contribution in [2.45, 2.75) is 56.5 Å². The van der Waals surface area contributed by atoms with Gasteiger partial charge in [-0.3, -0.25) is 0 Å². The predicted octanol–water partition coefficient (Wildman–Crippen LogP) is 1.74. The van der Waals surface area contributed by atoms with E-state index in [1.54, 1.807) is 0 Å². The molecule has 2 nitrogen and oxygen atoms in total. The number of rotatable bonds is 3. The van der Waals surface area contributed by atoms with Gasteiger partial charge in [0.25, 0.3) is 0 Å². The molecule has 1 aliphatic heterocycles. The number of nitrogens with zero attached hydrogens (tertiary/aromatic N) is 1. The van der Waals surface area contributed by atoms with Gasteiger partial charge in [0.15, 0.2) is 0 Å². The molecule has 3 rings (SSSR count). The lowest BCUT2D eigenvalue weighted by atomic mass is 9.89. The van der Waals surface area contributed by atoms with Crippen LogP contribution in [0, 0.1) is 5.92 Å². The third kappa shape index (κ3) is 1.96. The molecule has 2 N–H and O–H groups in total. The van der Waals surface area contributed by atoms with Gasteiger partial charge in [0.1, 0.15) is 0 Å². The monoisotopic (exact) mass is 194 g/mol. The highest BCUT2D eigenvalue weighted by atomic mass is 15.2. The third-order valence-corrected chi connectivity index (χ3v) is 4.30. The van der Waals surface area contributed by atoms with E-state index in [0.29, 0.717) is 0 Å². The fourth-order valence-electron chi connectivity index (χ4n) is 2.90. The summed E-state index contributed by atoms with van der Waals surface area (Å²) in [5, 5.41) is 0. The van der Waals surface area contributed by atoms with Gasteiger partial charge in [-0.2, -0.15) is 0 Å². The van der Waals surface area contributed by atoms with Crippen LogP contribution in [0.15, 0.2) is 0 Å². The average molecular weight is 194 g/mol. The van der Waals surface area contributed by atoms with Gasteiger partial charge in [0, 0.05) is 11.6 Å². The molecule has 0 aromatic rings. The lowest BCUT2D eigenvalue weighted by molar-refractivity contribution is 0.165. The molecule has 1 saturated heterocycles. The SMILES string of the molecule is NC1(CC2CCN(C3CC3)CC2)CC1. The summed E-state index contributed by atoms with van der Waals surface area (Å²) in [5.74, 6) is 0.942. The van der Waals surface area contributed by atoms with Gasteiger partial charge >= 0.3 is 0 Å². The van der Waals surface area contributed by atoms with E-state index in [9.17, 15) is 0 Å². The molecule has 3 fully saturated rings. The average Bonchev–Trinajstić information content (AvgIpc) is 3.03. The maximum absolute atomic E-state index is 6.17. The zero-order chi connectivity index (χ0) is 9.60. The van der Waals surface area contributed by atoms with Crippen LogP contribution >= 0.6 is 0 Å². The molecular formula is C12H22N2. The van der Waals surface area contributed by atoms with E-state index in [-0.39, 0.29) is 5.54 Å². The second-order valence-corrected chi connectivity index (χ2v) is 5.78. The van der Waals surface area contributed by atoms with Crippen molar-refractivity contribution >= 4 is 0 Å². The Morgan fingerprint density at radius 3 is 2.21 bits per heavy atom. The van der Waals surface area contributed by atoms with E-state index in [1.807, 2.05) is 0 Å². The summed E-state index contributed by atoms with van der Waals surface area (Å²) in [5.41, 5.74) is 6.45. The Labute approximate surface area is 86.8 Å². The van der Waals surface area contributed by atoms with Crippen LogP contribution in [0.25, 0.3) is 0 Å². The van der Waals surface area contributed by atoms with Crippen LogP contribution in [0.5, 0.6) is 0 Å². The number of hydrogen-bond donors (Lipinski definition) is 1. The third-order valence-electron chi connectivity index (χ3n) is 4.30. The van der Waals surface area contributed by atoms with Crippen molar-refractivity contribution in [1.29, 1.82) is 0 Å². The Morgan fingerprint density at radius 2 is 1.71 bits per heavy atom. The molecule has 0 aromatic heterocycles. The fraction of sp³-hybridized carbons (Fsp3) is 1.00. The minimum Gasteiger partial charge on any atom is -0.325 e. The lowest BCUT2D eigenvalue weighted by Gasteiger charge is -2.33. The molecule has 0 amide bonds. The smallest absolute Gasteiger partial charge is 0.0158 e. The van der Waals surface area contributed by atoms with E-state index in [1.165, 1.54) is 58.0 Å². The number of piperidine rings is 1. The normalized spacial score (nSPS) is 33.2. The standard InChI is InChI=1S/C12H22N2/c13-12(5-6-12)9-10-3-7-14(8-4-10)11-1-2-11/h10-11H,1-9,13H2. The maximum Gasteiger partial charge on any atom is 0.0158 e. The van der Waals surface area contributed by atoms with Gasteiger partial charge in [-0.15, -0.1) is 0 Å². The van der Waals surface area contributed by atoms with E-state index in [2.05, 4.69) is 4.90 Å². The molecule has 0 radical (unpaired) electrons. The van der Waals surface area contributed by atoms with Gasteiger partial charge in [-0.25, -0.2) is 0 Å². The summed E-state index contributed by atoms with van der Waals surface area (Å²) in [7, 11) is 0. The van der Waals surface area contributed by atoms with Crippen LogP contribution in [0.2, 0.25) is 0 Å². The van der Waals surface area contributed by atoms with Crippen molar-refractivity contribution in [3.05, 3.63) is 0 Å². The van der Waals surface area contributed by atoms with Crippen molar-refractivity contribution in [3.63, 3.8) is 0 Å². The summed E-state index contributed by atoms with van der Waals surface area (Å²) in [4.78, 5) is 2.70. The molecule has 1 heterocycles. The molecule has 2 saturated carbocycles. The fourth-order valence-corrected chi connectivity index (χ4v) is 2.90. The Hall–Kier alpha value is -0.0800. The zero-order valence-electron chi connectivity index (χ0n) is 9.04. The molecular weight excluding hydrogens is 172 g/mol. The molecule has 3 aliphatic rings. The first-order valence-electron chi connectivity index (χ1n) is 6.28. The van der Waals surface area contributed by atoms with Crippen molar-refractivity contribution in [2.24, 2.45) is 11.7 Å². The van der Waals surface area contributed by atoms with Gasteiger partial charge in [0.2, 0.25) is 0 Å². The van der Waals surface area contributed by atoms with Crippen molar-refractivity contribution in [2.75, 3.05) is 13.1 Å². The largest absolute Gasteiger partial charge is 0.325 e. The van der Waals surface area contributed by atoms with E-state index < -0.39 is 0 Å². The molecule has 0 atom stereocenters. The highest BCUT2D eigenvalue weighted by Crippen LogP contribution is 2.41. The number of nitrogens with two attached hydrogens (primary N) is 1. The molecule has 14 heavy (non-hydrogen) atoms. The predicted molar refractivity (Wildman–Crippen MR) is 58.1 cm³/mol. The lowest BCUT2D eigenvalue weighted by Crippen LogP contribution is -2.37. The topological polar surface area (TPSA) is 29.3 Å². The van der Waals surface area contributed by atoms with Crippen LogP contribution < -0.4 is 5.73 Å². The van der Waals surface area contributed by atoms with Gasteiger partial charge in [-0.05, 0) is 64.0 Å². The quantitative estimate of drug-likeness (QED) is 0.741. The number of likely N-dealkylation sites (tertiary alicyclic amines) is 1. The van der Waals surface area contributed by atoms with E-state index in [4.69, 9.17) is 5.73 Å². The van der Waals surface area contributed by atoms with Crippen LogP contribution in [0.3, 0.4) is 0 Å². The second-order valence-electron chi connectivity index (χ2n) is 5.78. The van der Waals surface area contributed by atoms with Crippen LogP contribution in [-0.2, 0) is 0 Å².